The molecule has 17 heavy (non-hydrogen) atoms. The van der Waals surface area contributed by atoms with Gasteiger partial charge >= 0.3 is 0 Å². The second kappa shape index (κ2) is 4.22. The van der Waals surface area contributed by atoms with Crippen LogP contribution in [0, 0.1) is 11.7 Å². The number of ketones is 1. The van der Waals surface area contributed by atoms with E-state index in [1.807, 2.05) is 6.07 Å². The maximum Gasteiger partial charge on any atom is 0.193 e. The minimum atomic E-state index is -0.178. The van der Waals surface area contributed by atoms with Crippen LogP contribution in [0.25, 0.3) is 0 Å². The lowest BCUT2D eigenvalue weighted by Crippen LogP contribution is -3.20. The van der Waals surface area contributed by atoms with Crippen molar-refractivity contribution < 1.29 is 14.1 Å². The largest absolute Gasteiger partial charge is 0.326 e. The van der Waals surface area contributed by atoms with Gasteiger partial charge in [0.15, 0.2) is 11.8 Å². The van der Waals surface area contributed by atoms with Gasteiger partial charge in [0, 0.05) is 25.2 Å². The van der Waals surface area contributed by atoms with Crippen LogP contribution in [-0.4, -0.2) is 24.9 Å². The number of carbonyl (C=O) groups is 1. The molecule has 0 aromatic heterocycles. The number of rotatable bonds is 2. The third-order valence-electron chi connectivity index (χ3n) is 4.25. The molecule has 3 heterocycles. The quantitative estimate of drug-likeness (QED) is 0.795. The summed E-state index contributed by atoms with van der Waals surface area (Å²) < 4.78 is 13.6. The standard InChI is InChI=1S/C14H16FNO/c15-12-4-2-1-3-11(12)9-13-14(17)10-5-7-16(13)8-6-10/h1-4,10,13H,5-9H2/p+1/t13-/m0/s1. The zero-order chi connectivity index (χ0) is 11.8. The van der Waals surface area contributed by atoms with E-state index in [0.717, 1.165) is 25.9 Å². The van der Waals surface area contributed by atoms with E-state index in [1.165, 1.54) is 11.0 Å². The van der Waals surface area contributed by atoms with Crippen LogP contribution in [0.4, 0.5) is 4.39 Å². The molecule has 0 amide bonds. The van der Waals surface area contributed by atoms with E-state index in [2.05, 4.69) is 0 Å². The van der Waals surface area contributed by atoms with Gasteiger partial charge in [0.1, 0.15) is 5.82 Å². The van der Waals surface area contributed by atoms with Crippen molar-refractivity contribution in [2.45, 2.75) is 25.3 Å². The molecule has 3 aliphatic rings. The number of carbonyl (C=O) groups excluding carboxylic acids is 1. The van der Waals surface area contributed by atoms with Gasteiger partial charge in [-0.15, -0.1) is 0 Å². The van der Waals surface area contributed by atoms with E-state index in [0.29, 0.717) is 17.8 Å². The molecule has 4 rings (SSSR count). The second-order valence-electron chi connectivity index (χ2n) is 5.18. The molecule has 0 saturated carbocycles. The highest BCUT2D eigenvalue weighted by atomic mass is 19.1. The number of hydrogen-bond acceptors (Lipinski definition) is 1. The molecular formula is C14H17FNO+. The average Bonchev–Trinajstić information content (AvgIpc) is 2.36. The number of fused-ring (bicyclic) bond motifs is 3. The summed E-state index contributed by atoms with van der Waals surface area (Å²) in [5, 5.41) is 0. The van der Waals surface area contributed by atoms with Crippen molar-refractivity contribution in [3.8, 4) is 0 Å². The zero-order valence-corrected chi connectivity index (χ0v) is 9.79. The highest BCUT2D eigenvalue weighted by Crippen LogP contribution is 2.20. The molecule has 3 heteroatoms. The highest BCUT2D eigenvalue weighted by molar-refractivity contribution is 5.86. The number of benzene rings is 1. The van der Waals surface area contributed by atoms with Crippen molar-refractivity contribution in [1.82, 2.24) is 0 Å². The topological polar surface area (TPSA) is 21.5 Å². The number of halogens is 1. The number of hydrogen-bond donors (Lipinski definition) is 1. The molecular weight excluding hydrogens is 217 g/mol. The van der Waals surface area contributed by atoms with Crippen LogP contribution in [-0.2, 0) is 11.2 Å². The van der Waals surface area contributed by atoms with Gasteiger partial charge < -0.3 is 4.90 Å². The fourth-order valence-corrected chi connectivity index (χ4v) is 3.24. The van der Waals surface area contributed by atoms with Gasteiger partial charge in [0.05, 0.1) is 13.1 Å². The number of piperidine rings is 3. The summed E-state index contributed by atoms with van der Waals surface area (Å²) in [5.74, 6) is 0.437. The fourth-order valence-electron chi connectivity index (χ4n) is 3.24. The maximum atomic E-state index is 13.6. The van der Waals surface area contributed by atoms with Crippen molar-refractivity contribution in [3.05, 3.63) is 35.6 Å². The van der Waals surface area contributed by atoms with E-state index < -0.39 is 0 Å². The van der Waals surface area contributed by atoms with Crippen molar-refractivity contribution >= 4 is 5.78 Å². The van der Waals surface area contributed by atoms with Crippen LogP contribution in [0.2, 0.25) is 0 Å². The molecule has 1 aromatic carbocycles. The highest BCUT2D eigenvalue weighted by Gasteiger charge is 2.44. The van der Waals surface area contributed by atoms with E-state index in [1.54, 1.807) is 12.1 Å². The van der Waals surface area contributed by atoms with Gasteiger partial charge in [-0.05, 0) is 11.6 Å². The summed E-state index contributed by atoms with van der Waals surface area (Å²) in [6.07, 6.45) is 2.63. The first-order valence-electron chi connectivity index (χ1n) is 6.37. The first-order valence-corrected chi connectivity index (χ1v) is 6.37. The number of quaternary nitrogens is 1. The van der Waals surface area contributed by atoms with E-state index in [-0.39, 0.29) is 17.8 Å². The van der Waals surface area contributed by atoms with Crippen LogP contribution >= 0.6 is 0 Å². The van der Waals surface area contributed by atoms with E-state index in [9.17, 15) is 9.18 Å². The Labute approximate surface area is 100 Å². The van der Waals surface area contributed by atoms with Gasteiger partial charge in [-0.25, -0.2) is 4.39 Å². The lowest BCUT2D eigenvalue weighted by atomic mass is 9.80. The lowest BCUT2D eigenvalue weighted by molar-refractivity contribution is -0.927. The first kappa shape index (κ1) is 10.9. The minimum Gasteiger partial charge on any atom is -0.326 e. The average molecular weight is 234 g/mol. The molecule has 3 saturated heterocycles. The van der Waals surface area contributed by atoms with Crippen LogP contribution in [0.1, 0.15) is 18.4 Å². The Balaban J connectivity index is 1.81. The van der Waals surface area contributed by atoms with Crippen LogP contribution in [0.3, 0.4) is 0 Å². The smallest absolute Gasteiger partial charge is 0.193 e. The summed E-state index contributed by atoms with van der Waals surface area (Å²) >= 11 is 0. The van der Waals surface area contributed by atoms with Gasteiger partial charge in [-0.1, -0.05) is 18.2 Å². The Morgan fingerprint density at radius 1 is 1.24 bits per heavy atom. The third-order valence-corrected chi connectivity index (χ3v) is 4.25. The molecule has 2 bridgehead atoms. The van der Waals surface area contributed by atoms with Gasteiger partial charge in [-0.2, -0.15) is 0 Å². The van der Waals surface area contributed by atoms with Crippen LogP contribution < -0.4 is 4.90 Å². The normalized spacial score (nSPS) is 31.8. The fraction of sp³-hybridized carbons (Fsp3) is 0.500. The van der Waals surface area contributed by atoms with Crippen molar-refractivity contribution in [2.75, 3.05) is 13.1 Å². The summed E-state index contributed by atoms with van der Waals surface area (Å²) in [6, 6.07) is 6.81. The summed E-state index contributed by atoms with van der Waals surface area (Å²) in [6.45, 7) is 2.16. The van der Waals surface area contributed by atoms with Crippen LogP contribution in [0.15, 0.2) is 24.3 Å². The molecule has 0 unspecified atom stereocenters. The molecule has 1 aromatic rings. The van der Waals surface area contributed by atoms with Crippen LogP contribution in [0.5, 0.6) is 0 Å². The third kappa shape index (κ3) is 1.89. The van der Waals surface area contributed by atoms with Gasteiger partial charge in [0.25, 0.3) is 0 Å². The Kier molecular flexibility index (Phi) is 2.71. The molecule has 90 valence electrons. The summed E-state index contributed by atoms with van der Waals surface area (Å²) in [7, 11) is 0. The minimum absolute atomic E-state index is 0.000556. The van der Waals surface area contributed by atoms with Gasteiger partial charge in [0.2, 0.25) is 0 Å². The number of Topliss-reactive ketones (excluding diaryl/α,β-unsaturated/α-hetero) is 1. The molecule has 3 fully saturated rings. The molecule has 0 spiro atoms. The predicted octanol–water partition coefficient (Wildman–Crippen LogP) is 0.614. The molecule has 1 atom stereocenters. The SMILES string of the molecule is O=C1C2CC[NH+](CC2)[C@H]1Cc1ccccc1F. The Morgan fingerprint density at radius 3 is 2.59 bits per heavy atom. The molecule has 3 aliphatic heterocycles. The second-order valence-corrected chi connectivity index (χ2v) is 5.18. The summed E-state index contributed by atoms with van der Waals surface area (Å²) in [4.78, 5) is 13.5. The Bertz CT molecular complexity index is 438. The van der Waals surface area contributed by atoms with Crippen molar-refractivity contribution in [2.24, 2.45) is 5.92 Å². The molecule has 2 nitrogen and oxygen atoms in total. The van der Waals surface area contributed by atoms with Crippen molar-refractivity contribution in [3.63, 3.8) is 0 Å². The van der Waals surface area contributed by atoms with Crippen molar-refractivity contribution in [1.29, 1.82) is 0 Å². The predicted molar refractivity (Wildman–Crippen MR) is 62.3 cm³/mol. The number of nitrogens with one attached hydrogen (secondary N) is 1. The molecule has 1 N–H and O–H groups in total. The molecule has 0 radical (unpaired) electrons. The lowest BCUT2D eigenvalue weighted by Gasteiger charge is -2.41. The van der Waals surface area contributed by atoms with Gasteiger partial charge in [-0.3, -0.25) is 4.79 Å². The summed E-state index contributed by atoms with van der Waals surface area (Å²) in [5.41, 5.74) is 0.686. The maximum absolute atomic E-state index is 13.6. The van der Waals surface area contributed by atoms with E-state index >= 15 is 0 Å². The monoisotopic (exact) mass is 234 g/mol. The first-order chi connectivity index (χ1) is 8.25. The van der Waals surface area contributed by atoms with E-state index in [4.69, 9.17) is 0 Å². The zero-order valence-electron chi connectivity index (χ0n) is 9.79. The Hall–Kier alpha value is -1.22. The molecule has 0 aliphatic carbocycles. The Morgan fingerprint density at radius 2 is 1.94 bits per heavy atom.